The maximum atomic E-state index is 11.2. The van der Waals surface area contributed by atoms with Gasteiger partial charge in [-0.1, -0.05) is 32.9 Å². The van der Waals surface area contributed by atoms with Crippen molar-refractivity contribution in [1.82, 2.24) is 9.38 Å². The van der Waals surface area contributed by atoms with Crippen molar-refractivity contribution in [2.75, 3.05) is 5.32 Å². The molecule has 0 aliphatic rings. The van der Waals surface area contributed by atoms with E-state index in [2.05, 4.69) is 36.3 Å². The predicted octanol–water partition coefficient (Wildman–Crippen LogP) is 5.31. The van der Waals surface area contributed by atoms with Crippen LogP contribution in [0.4, 0.5) is 17.2 Å². The van der Waals surface area contributed by atoms with Crippen molar-refractivity contribution in [3.05, 3.63) is 53.9 Å². The fraction of sp³-hybridized carbons (Fsp3) is 0.300. The number of azo groups is 1. The molecule has 1 N–H and O–H groups in total. The zero-order valence-corrected chi connectivity index (χ0v) is 15.7. The Hall–Kier alpha value is -3.02. The van der Waals surface area contributed by atoms with Crippen LogP contribution >= 0.6 is 0 Å². The van der Waals surface area contributed by atoms with E-state index in [1.807, 2.05) is 47.7 Å². The molecule has 0 atom stereocenters. The molecule has 1 amide bonds. The summed E-state index contributed by atoms with van der Waals surface area (Å²) < 4.78 is 2.02. The Labute approximate surface area is 153 Å². The van der Waals surface area contributed by atoms with Gasteiger partial charge < -0.3 is 5.32 Å². The van der Waals surface area contributed by atoms with E-state index in [-0.39, 0.29) is 11.3 Å². The van der Waals surface area contributed by atoms with Crippen LogP contribution in [0.1, 0.15) is 39.1 Å². The number of fused-ring (bicyclic) bond motifs is 1. The maximum absolute atomic E-state index is 11.2. The molecule has 0 saturated carbocycles. The summed E-state index contributed by atoms with van der Waals surface area (Å²) >= 11 is 0. The summed E-state index contributed by atoms with van der Waals surface area (Å²) in [6.07, 6.45) is 0. The molecular formula is C20H23N5O. The van der Waals surface area contributed by atoms with E-state index in [4.69, 9.17) is 4.98 Å². The third kappa shape index (κ3) is 3.64. The minimum Gasteiger partial charge on any atom is -0.326 e. The Bertz CT molecular complexity index is 995. The van der Waals surface area contributed by atoms with Crippen LogP contribution in [-0.2, 0) is 10.2 Å². The first-order valence-corrected chi connectivity index (χ1v) is 8.53. The van der Waals surface area contributed by atoms with Gasteiger partial charge in [0.25, 0.3) is 0 Å². The van der Waals surface area contributed by atoms with Crippen molar-refractivity contribution in [3.63, 3.8) is 0 Å². The van der Waals surface area contributed by atoms with Crippen LogP contribution in [0.2, 0.25) is 0 Å². The highest BCUT2D eigenvalue weighted by atomic mass is 16.1. The molecule has 26 heavy (non-hydrogen) atoms. The molecular weight excluding hydrogens is 326 g/mol. The van der Waals surface area contributed by atoms with Crippen LogP contribution in [0.5, 0.6) is 0 Å². The van der Waals surface area contributed by atoms with Gasteiger partial charge in [0.2, 0.25) is 5.91 Å². The Balaban J connectivity index is 2.08. The average Bonchev–Trinajstić information content (AvgIpc) is 2.93. The van der Waals surface area contributed by atoms with Crippen molar-refractivity contribution < 1.29 is 4.79 Å². The molecule has 3 aromatic rings. The lowest BCUT2D eigenvalue weighted by Gasteiger charge is -2.15. The zero-order valence-electron chi connectivity index (χ0n) is 15.7. The van der Waals surface area contributed by atoms with Gasteiger partial charge in [-0.15, -0.1) is 10.2 Å². The standard InChI is InChI=1S/C20H23N5O/c1-13-8-6-11-17-22-18(20(3,4)5)19(25(13)17)24-23-16-10-7-9-15(12-16)21-14(2)26/h6-12H,1-5H3,(H,21,26). The third-order valence-corrected chi connectivity index (χ3v) is 3.95. The van der Waals surface area contributed by atoms with E-state index in [9.17, 15) is 4.79 Å². The molecule has 0 aliphatic heterocycles. The highest BCUT2D eigenvalue weighted by Gasteiger charge is 2.24. The summed E-state index contributed by atoms with van der Waals surface area (Å²) in [5, 5.41) is 11.7. The second-order valence-corrected chi connectivity index (χ2v) is 7.33. The number of pyridine rings is 1. The number of anilines is 1. The number of carbonyl (C=O) groups is 1. The number of amides is 1. The fourth-order valence-electron chi connectivity index (χ4n) is 2.79. The first-order chi connectivity index (χ1) is 12.3. The topological polar surface area (TPSA) is 71.1 Å². The van der Waals surface area contributed by atoms with Crippen molar-refractivity contribution in [2.45, 2.75) is 40.0 Å². The van der Waals surface area contributed by atoms with Crippen LogP contribution in [0.25, 0.3) is 5.65 Å². The number of benzene rings is 1. The van der Waals surface area contributed by atoms with Gasteiger partial charge in [0.05, 0.1) is 11.4 Å². The molecule has 134 valence electrons. The van der Waals surface area contributed by atoms with Gasteiger partial charge in [0.1, 0.15) is 5.65 Å². The molecule has 0 saturated heterocycles. The summed E-state index contributed by atoms with van der Waals surface area (Å²) in [6, 6.07) is 13.3. The summed E-state index contributed by atoms with van der Waals surface area (Å²) in [4.78, 5) is 16.0. The number of nitrogens with zero attached hydrogens (tertiary/aromatic N) is 4. The van der Waals surface area contributed by atoms with Gasteiger partial charge in [0, 0.05) is 23.7 Å². The molecule has 3 rings (SSSR count). The average molecular weight is 349 g/mol. The van der Waals surface area contributed by atoms with E-state index in [0.717, 1.165) is 22.9 Å². The van der Waals surface area contributed by atoms with E-state index >= 15 is 0 Å². The molecule has 0 fully saturated rings. The van der Waals surface area contributed by atoms with Gasteiger partial charge in [-0.2, -0.15) is 0 Å². The Morgan fingerprint density at radius 3 is 2.54 bits per heavy atom. The minimum absolute atomic E-state index is 0.119. The largest absolute Gasteiger partial charge is 0.326 e. The second kappa shape index (κ2) is 6.71. The molecule has 0 unspecified atom stereocenters. The highest BCUT2D eigenvalue weighted by molar-refractivity contribution is 5.89. The number of hydrogen-bond acceptors (Lipinski definition) is 4. The zero-order chi connectivity index (χ0) is 18.9. The van der Waals surface area contributed by atoms with Gasteiger partial charge >= 0.3 is 0 Å². The van der Waals surface area contributed by atoms with E-state index < -0.39 is 0 Å². The monoisotopic (exact) mass is 349 g/mol. The van der Waals surface area contributed by atoms with Gasteiger partial charge in [-0.25, -0.2) is 4.98 Å². The van der Waals surface area contributed by atoms with E-state index in [1.54, 1.807) is 6.07 Å². The number of nitrogens with one attached hydrogen (secondary N) is 1. The lowest BCUT2D eigenvalue weighted by molar-refractivity contribution is -0.114. The van der Waals surface area contributed by atoms with Crippen LogP contribution in [0.3, 0.4) is 0 Å². The quantitative estimate of drug-likeness (QED) is 0.651. The maximum Gasteiger partial charge on any atom is 0.221 e. The number of aryl methyl sites for hydroxylation is 1. The van der Waals surface area contributed by atoms with Crippen molar-refractivity contribution in [1.29, 1.82) is 0 Å². The molecule has 0 spiro atoms. The normalized spacial score (nSPS) is 12.0. The van der Waals surface area contributed by atoms with Crippen molar-refractivity contribution in [3.8, 4) is 0 Å². The Morgan fingerprint density at radius 2 is 1.85 bits per heavy atom. The summed E-state index contributed by atoms with van der Waals surface area (Å²) in [7, 11) is 0. The van der Waals surface area contributed by atoms with Crippen LogP contribution in [-0.4, -0.2) is 15.3 Å². The first kappa shape index (κ1) is 17.8. The first-order valence-electron chi connectivity index (χ1n) is 8.53. The fourth-order valence-corrected chi connectivity index (χ4v) is 2.79. The Morgan fingerprint density at radius 1 is 1.12 bits per heavy atom. The van der Waals surface area contributed by atoms with Crippen molar-refractivity contribution in [2.24, 2.45) is 10.2 Å². The molecule has 0 radical (unpaired) electrons. The summed E-state index contributed by atoms with van der Waals surface area (Å²) in [5.74, 6) is 0.613. The predicted molar refractivity (Wildman–Crippen MR) is 104 cm³/mol. The molecule has 0 bridgehead atoms. The van der Waals surface area contributed by atoms with E-state index in [0.29, 0.717) is 11.4 Å². The van der Waals surface area contributed by atoms with Crippen LogP contribution < -0.4 is 5.32 Å². The smallest absolute Gasteiger partial charge is 0.221 e. The summed E-state index contributed by atoms with van der Waals surface area (Å²) in [6.45, 7) is 9.84. The highest BCUT2D eigenvalue weighted by Crippen LogP contribution is 2.34. The van der Waals surface area contributed by atoms with Crippen LogP contribution in [0, 0.1) is 6.92 Å². The number of rotatable bonds is 3. The lowest BCUT2D eigenvalue weighted by atomic mass is 9.92. The van der Waals surface area contributed by atoms with Gasteiger partial charge in [0.15, 0.2) is 5.82 Å². The molecule has 2 heterocycles. The number of hydrogen-bond donors (Lipinski definition) is 1. The lowest BCUT2D eigenvalue weighted by Crippen LogP contribution is -2.11. The molecule has 0 aliphatic carbocycles. The third-order valence-electron chi connectivity index (χ3n) is 3.95. The van der Waals surface area contributed by atoms with Gasteiger partial charge in [-0.05, 0) is 37.3 Å². The molecule has 2 aromatic heterocycles. The number of aromatic nitrogens is 2. The number of imidazole rings is 1. The van der Waals surface area contributed by atoms with Crippen molar-refractivity contribution >= 4 is 28.7 Å². The Kier molecular flexibility index (Phi) is 4.59. The second-order valence-electron chi connectivity index (χ2n) is 7.33. The molecule has 6 heteroatoms. The SMILES string of the molecule is CC(=O)Nc1cccc(N=Nc2c(C(C)(C)C)nc3cccc(C)n23)c1. The molecule has 6 nitrogen and oxygen atoms in total. The van der Waals surface area contributed by atoms with Crippen LogP contribution in [0.15, 0.2) is 52.7 Å². The minimum atomic E-state index is -0.162. The molecule has 1 aromatic carbocycles. The van der Waals surface area contributed by atoms with E-state index in [1.165, 1.54) is 6.92 Å². The van der Waals surface area contributed by atoms with Gasteiger partial charge in [-0.3, -0.25) is 9.20 Å². The number of carbonyl (C=O) groups excluding carboxylic acids is 1. The summed E-state index contributed by atoms with van der Waals surface area (Å²) in [5.41, 5.74) is 4.00.